The van der Waals surface area contributed by atoms with E-state index in [1.807, 2.05) is 43.3 Å². The molecule has 0 saturated heterocycles. The van der Waals surface area contributed by atoms with Crippen molar-refractivity contribution in [2.45, 2.75) is 26.1 Å². The summed E-state index contributed by atoms with van der Waals surface area (Å²) in [4.78, 5) is 37.4. The third-order valence-electron chi connectivity index (χ3n) is 7.17. The second-order valence-electron chi connectivity index (χ2n) is 10.2. The van der Waals surface area contributed by atoms with Crippen molar-refractivity contribution >= 4 is 58.3 Å². The molecule has 0 spiro atoms. The lowest BCUT2D eigenvalue weighted by Crippen LogP contribution is -2.38. The van der Waals surface area contributed by atoms with E-state index in [-0.39, 0.29) is 31.2 Å². The van der Waals surface area contributed by atoms with Crippen LogP contribution in [0.25, 0.3) is 17.3 Å². The van der Waals surface area contributed by atoms with Gasteiger partial charge in [-0.25, -0.2) is 14.3 Å². The van der Waals surface area contributed by atoms with Gasteiger partial charge in [0.05, 0.1) is 39.7 Å². The fourth-order valence-corrected chi connectivity index (χ4v) is 5.44. The normalized spacial score (nSPS) is 14.4. The third-order valence-corrected chi connectivity index (χ3v) is 8.16. The summed E-state index contributed by atoms with van der Waals surface area (Å²) >= 11 is 18.8. The summed E-state index contributed by atoms with van der Waals surface area (Å²) in [5, 5.41) is 13.2. The fourth-order valence-electron chi connectivity index (χ4n) is 5.02. The number of fused-ring (bicyclic) bond motifs is 1. The van der Waals surface area contributed by atoms with Crippen molar-refractivity contribution in [2.75, 3.05) is 6.54 Å². The Morgan fingerprint density at radius 1 is 1.02 bits per heavy atom. The number of amides is 2. The minimum atomic E-state index is -0.408. The van der Waals surface area contributed by atoms with E-state index in [4.69, 9.17) is 39.9 Å². The van der Waals surface area contributed by atoms with E-state index in [9.17, 15) is 9.59 Å². The van der Waals surface area contributed by atoms with Gasteiger partial charge in [0.1, 0.15) is 19.2 Å². The van der Waals surface area contributed by atoms with Gasteiger partial charge in [-0.15, -0.1) is 0 Å². The molecule has 2 amide bonds. The van der Waals surface area contributed by atoms with Gasteiger partial charge in [0.25, 0.3) is 5.91 Å². The lowest BCUT2D eigenvalue weighted by atomic mass is 9.97. The molecular weight excluding hydrogens is 623 g/mol. The molecular formula is C31H25Cl3N8O2. The highest BCUT2D eigenvalue weighted by molar-refractivity contribution is 6.42. The first-order valence-electron chi connectivity index (χ1n) is 13.6. The Bertz CT molecular complexity index is 1860. The summed E-state index contributed by atoms with van der Waals surface area (Å²) in [5.41, 5.74) is 4.37. The topological polar surface area (TPSA) is 111 Å². The standard InChI is InChI=1S/C31H25Cl3N8O2/c1-19(27-4-2-3-11-36-27)38-31(44)29-24-15-40(28(43)16-41-18-35-17-37-41)14-21(12-20-5-7-22(32)8-6-20)30(24)42(39-29)23-9-10-25(33)26(34)13-23/h2-13,17-19H,14-16H2,1H3,(H,38,44)/b21-12+/t19-/m1/s1. The highest BCUT2D eigenvalue weighted by Crippen LogP contribution is 2.35. The number of halogens is 3. The first-order valence-corrected chi connectivity index (χ1v) is 14.8. The number of hydrogen-bond acceptors (Lipinski definition) is 6. The molecule has 1 aliphatic heterocycles. The fraction of sp³-hybridized carbons (Fsp3) is 0.161. The number of nitrogens with one attached hydrogen (secondary N) is 1. The Hall–Kier alpha value is -4.51. The van der Waals surface area contributed by atoms with Crippen LogP contribution in [0.4, 0.5) is 0 Å². The zero-order valence-electron chi connectivity index (χ0n) is 23.4. The Labute approximate surface area is 267 Å². The Morgan fingerprint density at radius 3 is 2.55 bits per heavy atom. The zero-order valence-corrected chi connectivity index (χ0v) is 25.6. The number of pyridine rings is 1. The van der Waals surface area contributed by atoms with Crippen LogP contribution in [-0.4, -0.2) is 52.8 Å². The van der Waals surface area contributed by atoms with E-state index in [2.05, 4.69) is 20.4 Å². The van der Waals surface area contributed by atoms with Crippen LogP contribution in [-0.2, 0) is 17.9 Å². The van der Waals surface area contributed by atoms with Crippen molar-refractivity contribution in [1.29, 1.82) is 0 Å². The number of aromatic nitrogens is 6. The summed E-state index contributed by atoms with van der Waals surface area (Å²) in [6.45, 7) is 2.23. The van der Waals surface area contributed by atoms with Crippen molar-refractivity contribution in [3.05, 3.63) is 123 Å². The van der Waals surface area contributed by atoms with Crippen LogP contribution in [0.3, 0.4) is 0 Å². The number of nitrogens with zero attached hydrogens (tertiary/aromatic N) is 7. The molecule has 0 unspecified atom stereocenters. The molecule has 4 heterocycles. The molecule has 222 valence electrons. The van der Waals surface area contributed by atoms with Crippen molar-refractivity contribution in [3.63, 3.8) is 0 Å². The van der Waals surface area contributed by atoms with Gasteiger partial charge in [0.2, 0.25) is 5.91 Å². The van der Waals surface area contributed by atoms with Gasteiger partial charge in [0, 0.05) is 23.3 Å². The molecule has 0 fully saturated rings. The maximum Gasteiger partial charge on any atom is 0.272 e. The van der Waals surface area contributed by atoms with E-state index in [1.54, 1.807) is 46.1 Å². The van der Waals surface area contributed by atoms with E-state index in [0.29, 0.717) is 37.7 Å². The van der Waals surface area contributed by atoms with Crippen LogP contribution in [0.1, 0.15) is 46.0 Å². The minimum absolute atomic E-state index is 0.0112. The maximum atomic E-state index is 13.9. The summed E-state index contributed by atoms with van der Waals surface area (Å²) in [5.74, 6) is -0.603. The number of carbonyl (C=O) groups excluding carboxylic acids is 2. The van der Waals surface area contributed by atoms with Crippen LogP contribution in [0.15, 0.2) is 79.5 Å². The summed E-state index contributed by atoms with van der Waals surface area (Å²) in [6.07, 6.45) is 6.49. The van der Waals surface area contributed by atoms with Gasteiger partial charge >= 0.3 is 0 Å². The lowest BCUT2D eigenvalue weighted by molar-refractivity contribution is -0.132. The SMILES string of the molecule is C[C@@H](NC(=O)c1nn(-c2ccc(Cl)c(Cl)c2)c2c1CN(C(=O)Cn1cncn1)C/C2=C\c1ccc(Cl)cc1)c1ccccn1. The monoisotopic (exact) mass is 646 g/mol. The van der Waals surface area contributed by atoms with Crippen LogP contribution >= 0.6 is 34.8 Å². The molecule has 1 N–H and O–H groups in total. The van der Waals surface area contributed by atoms with E-state index in [0.717, 1.165) is 11.1 Å². The van der Waals surface area contributed by atoms with Gasteiger partial charge in [-0.1, -0.05) is 53.0 Å². The lowest BCUT2D eigenvalue weighted by Gasteiger charge is -2.30. The largest absolute Gasteiger partial charge is 0.343 e. The van der Waals surface area contributed by atoms with Gasteiger partial charge in [-0.2, -0.15) is 10.2 Å². The minimum Gasteiger partial charge on any atom is -0.343 e. The van der Waals surface area contributed by atoms with E-state index in [1.165, 1.54) is 17.3 Å². The maximum absolute atomic E-state index is 13.9. The summed E-state index contributed by atoms with van der Waals surface area (Å²) in [7, 11) is 0. The van der Waals surface area contributed by atoms with Crippen LogP contribution < -0.4 is 5.32 Å². The number of rotatable bonds is 7. The molecule has 5 aromatic rings. The van der Waals surface area contributed by atoms with Gasteiger partial charge in [-0.05, 0) is 66.6 Å². The highest BCUT2D eigenvalue weighted by Gasteiger charge is 2.34. The van der Waals surface area contributed by atoms with E-state index >= 15 is 0 Å². The molecule has 0 saturated carbocycles. The Balaban J connectivity index is 1.48. The first-order chi connectivity index (χ1) is 21.3. The van der Waals surface area contributed by atoms with Crippen molar-refractivity contribution < 1.29 is 9.59 Å². The first kappa shape index (κ1) is 29.6. The van der Waals surface area contributed by atoms with Gasteiger partial charge in [0.15, 0.2) is 5.69 Å². The Morgan fingerprint density at radius 2 is 1.84 bits per heavy atom. The van der Waals surface area contributed by atoms with Crippen molar-refractivity contribution in [1.82, 2.24) is 39.7 Å². The van der Waals surface area contributed by atoms with E-state index < -0.39 is 11.9 Å². The number of benzene rings is 2. The third kappa shape index (κ3) is 6.23. The van der Waals surface area contributed by atoms with Gasteiger partial charge in [-0.3, -0.25) is 14.6 Å². The highest BCUT2D eigenvalue weighted by atomic mass is 35.5. The molecule has 1 aliphatic rings. The van der Waals surface area contributed by atoms with Crippen molar-refractivity contribution in [2.24, 2.45) is 0 Å². The predicted octanol–water partition coefficient (Wildman–Crippen LogP) is 5.89. The van der Waals surface area contributed by atoms with Crippen LogP contribution in [0.2, 0.25) is 15.1 Å². The van der Waals surface area contributed by atoms with Gasteiger partial charge < -0.3 is 10.2 Å². The summed E-state index contributed by atoms with van der Waals surface area (Å²) in [6, 6.07) is 17.6. The average molecular weight is 648 g/mol. The molecule has 10 nitrogen and oxygen atoms in total. The molecule has 13 heteroatoms. The molecule has 0 radical (unpaired) electrons. The Kier molecular flexibility index (Phi) is 8.47. The predicted molar refractivity (Wildman–Crippen MR) is 168 cm³/mol. The molecule has 1 atom stereocenters. The average Bonchev–Trinajstić information content (AvgIpc) is 3.68. The van der Waals surface area contributed by atoms with Crippen molar-refractivity contribution in [3.8, 4) is 5.69 Å². The molecule has 44 heavy (non-hydrogen) atoms. The summed E-state index contributed by atoms with van der Waals surface area (Å²) < 4.78 is 3.14. The quantitative estimate of drug-likeness (QED) is 0.236. The molecule has 3 aromatic heterocycles. The second kappa shape index (κ2) is 12.6. The van der Waals surface area contributed by atoms with Crippen LogP contribution in [0.5, 0.6) is 0 Å². The van der Waals surface area contributed by atoms with Crippen LogP contribution in [0, 0.1) is 0 Å². The number of carbonyl (C=O) groups is 2. The molecule has 6 rings (SSSR count). The smallest absolute Gasteiger partial charge is 0.272 e. The molecule has 0 bridgehead atoms. The molecule has 2 aromatic carbocycles. The second-order valence-corrected chi connectivity index (χ2v) is 11.5. The molecule has 0 aliphatic carbocycles. The number of hydrogen-bond donors (Lipinski definition) is 1. The zero-order chi connectivity index (χ0) is 30.8.